The number of carbonyl (C=O) groups is 1. The molecule has 0 saturated heterocycles. The first-order valence-corrected chi connectivity index (χ1v) is 14.0. The minimum Gasteiger partial charge on any atom is -0.367 e. The molecule has 0 saturated carbocycles. The second kappa shape index (κ2) is 8.84. The number of amides is 1. The summed E-state index contributed by atoms with van der Waals surface area (Å²) in [5.41, 5.74) is 8.69. The predicted octanol–water partition coefficient (Wildman–Crippen LogP) is 2.81. The van der Waals surface area contributed by atoms with Crippen molar-refractivity contribution in [3.8, 4) is 5.00 Å². The van der Waals surface area contributed by atoms with Crippen LogP contribution in [-0.2, 0) is 27.8 Å². The molecule has 0 fully saturated rings. The average molecular weight is 554 g/mol. The summed E-state index contributed by atoms with van der Waals surface area (Å²) in [7, 11) is -3.73. The first-order chi connectivity index (χ1) is 17.8. The van der Waals surface area contributed by atoms with Crippen LogP contribution in [-0.4, -0.2) is 50.6 Å². The molecule has 2 aliphatic rings. The smallest absolute Gasteiger partial charge is 0.250 e. The highest BCUT2D eigenvalue weighted by Crippen LogP contribution is 2.42. The molecule has 1 atom stereocenters. The van der Waals surface area contributed by atoms with Gasteiger partial charge in [0.05, 0.1) is 5.71 Å². The Balaban J connectivity index is 1.56. The van der Waals surface area contributed by atoms with Crippen molar-refractivity contribution < 1.29 is 13.2 Å². The van der Waals surface area contributed by atoms with Crippen LogP contribution in [0.4, 0.5) is 0 Å². The molecule has 0 radical (unpaired) electrons. The summed E-state index contributed by atoms with van der Waals surface area (Å²) in [6, 6.07) is 9.35. The first-order valence-electron chi connectivity index (χ1n) is 11.4. The Labute approximate surface area is 221 Å². The standard InChI is InChI=1S/C24H20ClN7O3S2/c1-13-29-30-23-21(22(26)33)28-20(15-6-2-3-7-17(15)25)19-16-8-10-31(12-18(16)36-24(19)32(13)23)37(34,35)14-5-4-9-27-11-14/h2-7,9,11,21H,8,10,12H2,1H3,(H2,26,33). The van der Waals surface area contributed by atoms with E-state index < -0.39 is 22.0 Å². The number of pyridine rings is 1. The van der Waals surface area contributed by atoms with Gasteiger partial charge < -0.3 is 5.73 Å². The van der Waals surface area contributed by atoms with Gasteiger partial charge in [0.2, 0.25) is 15.9 Å². The number of benzene rings is 1. The molecule has 0 spiro atoms. The number of sulfonamides is 1. The minimum atomic E-state index is -3.73. The number of aliphatic imine (C=N–C) groups is 1. The number of nitrogens with zero attached hydrogens (tertiary/aromatic N) is 6. The zero-order chi connectivity index (χ0) is 25.9. The summed E-state index contributed by atoms with van der Waals surface area (Å²) in [5.74, 6) is 0.222. The molecular formula is C24H20ClN7O3S2. The lowest BCUT2D eigenvalue weighted by molar-refractivity contribution is -0.119. The Bertz CT molecular complexity index is 1700. The van der Waals surface area contributed by atoms with Crippen molar-refractivity contribution >= 4 is 44.6 Å². The lowest BCUT2D eigenvalue weighted by Crippen LogP contribution is -2.35. The van der Waals surface area contributed by atoms with Crippen molar-refractivity contribution in [3.05, 3.63) is 87.0 Å². The molecule has 1 unspecified atom stereocenters. The van der Waals surface area contributed by atoms with E-state index in [1.54, 1.807) is 29.7 Å². The van der Waals surface area contributed by atoms with Crippen molar-refractivity contribution in [3.63, 3.8) is 0 Å². The number of hydrogen-bond donors (Lipinski definition) is 1. The van der Waals surface area contributed by atoms with Crippen LogP contribution in [0.15, 0.2) is 58.7 Å². The lowest BCUT2D eigenvalue weighted by Gasteiger charge is -2.26. The quantitative estimate of drug-likeness (QED) is 0.412. The molecule has 0 aliphatic carbocycles. The number of nitrogens with two attached hydrogens (primary N) is 1. The Morgan fingerprint density at radius 1 is 1.19 bits per heavy atom. The van der Waals surface area contributed by atoms with Crippen LogP contribution >= 0.6 is 22.9 Å². The third-order valence-electron chi connectivity index (χ3n) is 6.47. The van der Waals surface area contributed by atoms with Gasteiger partial charge in [-0.15, -0.1) is 21.5 Å². The SMILES string of the molecule is Cc1nnc2n1-c1sc3c(c1C(c1ccccc1Cl)=NC2C(N)=O)CCN(S(=O)(=O)c1cccnc1)C3. The first kappa shape index (κ1) is 23.9. The summed E-state index contributed by atoms with van der Waals surface area (Å²) in [5, 5.41) is 9.65. The van der Waals surface area contributed by atoms with Gasteiger partial charge >= 0.3 is 0 Å². The van der Waals surface area contributed by atoms with Crippen molar-refractivity contribution in [2.24, 2.45) is 10.7 Å². The number of carbonyl (C=O) groups excluding carboxylic acids is 1. The van der Waals surface area contributed by atoms with Gasteiger partial charge in [0.25, 0.3) is 0 Å². The fraction of sp³-hybridized carbons (Fsp3) is 0.208. The zero-order valence-corrected chi connectivity index (χ0v) is 21.9. The van der Waals surface area contributed by atoms with Crippen molar-refractivity contribution in [1.29, 1.82) is 0 Å². The highest BCUT2D eigenvalue weighted by molar-refractivity contribution is 7.89. The number of thiophene rings is 1. The van der Waals surface area contributed by atoms with Gasteiger partial charge in [-0.2, -0.15) is 4.31 Å². The number of fused-ring (bicyclic) bond motifs is 5. The molecule has 2 N–H and O–H groups in total. The van der Waals surface area contributed by atoms with Gasteiger partial charge in [0.15, 0.2) is 11.9 Å². The van der Waals surface area contributed by atoms with E-state index in [4.69, 9.17) is 22.3 Å². The lowest BCUT2D eigenvalue weighted by atomic mass is 9.95. The molecule has 0 bridgehead atoms. The maximum absolute atomic E-state index is 13.3. The van der Waals surface area contributed by atoms with E-state index in [-0.39, 0.29) is 18.0 Å². The Kier molecular flexibility index (Phi) is 5.71. The monoisotopic (exact) mass is 553 g/mol. The molecule has 3 aromatic heterocycles. The summed E-state index contributed by atoms with van der Waals surface area (Å²) < 4.78 is 29.9. The van der Waals surface area contributed by atoms with E-state index in [2.05, 4.69) is 15.2 Å². The van der Waals surface area contributed by atoms with Crippen LogP contribution < -0.4 is 5.73 Å². The molecule has 2 aliphatic heterocycles. The number of rotatable bonds is 4. The second-order valence-corrected chi connectivity index (χ2v) is 12.1. The minimum absolute atomic E-state index is 0.149. The summed E-state index contributed by atoms with van der Waals surface area (Å²) >= 11 is 8.03. The molecule has 1 aromatic carbocycles. The highest BCUT2D eigenvalue weighted by atomic mass is 35.5. The number of aryl methyl sites for hydroxylation is 1. The number of hydrogen-bond acceptors (Lipinski definition) is 8. The van der Waals surface area contributed by atoms with Crippen LogP contribution in [0.1, 0.15) is 39.3 Å². The maximum Gasteiger partial charge on any atom is 0.250 e. The number of aromatic nitrogens is 4. The normalized spacial score (nSPS) is 17.4. The van der Waals surface area contributed by atoms with Crippen LogP contribution in [0.3, 0.4) is 0 Å². The van der Waals surface area contributed by atoms with Gasteiger partial charge in [0.1, 0.15) is 15.7 Å². The fourth-order valence-electron chi connectivity index (χ4n) is 4.73. The van der Waals surface area contributed by atoms with Crippen LogP contribution in [0.2, 0.25) is 5.02 Å². The second-order valence-electron chi connectivity index (χ2n) is 8.66. The molecule has 5 heterocycles. The topological polar surface area (TPSA) is 136 Å². The van der Waals surface area contributed by atoms with Gasteiger partial charge in [-0.05, 0) is 37.1 Å². The Morgan fingerprint density at radius 3 is 2.73 bits per heavy atom. The summed E-state index contributed by atoms with van der Waals surface area (Å²) in [6.07, 6.45) is 3.34. The molecule has 1 amide bonds. The molecule has 188 valence electrons. The van der Waals surface area contributed by atoms with Crippen LogP contribution in [0, 0.1) is 6.92 Å². The van der Waals surface area contributed by atoms with Gasteiger partial charge in [-0.25, -0.2) is 8.42 Å². The van der Waals surface area contributed by atoms with E-state index in [0.717, 1.165) is 21.0 Å². The van der Waals surface area contributed by atoms with Gasteiger partial charge in [-0.3, -0.25) is 19.3 Å². The maximum atomic E-state index is 13.3. The van der Waals surface area contributed by atoms with Crippen LogP contribution in [0.5, 0.6) is 0 Å². The summed E-state index contributed by atoms with van der Waals surface area (Å²) in [4.78, 5) is 22.3. The largest absolute Gasteiger partial charge is 0.367 e. The molecular weight excluding hydrogens is 534 g/mol. The third-order valence-corrected chi connectivity index (χ3v) is 9.83. The molecule has 4 aromatic rings. The Hall–Kier alpha value is -3.45. The number of halogens is 1. The van der Waals surface area contributed by atoms with E-state index in [1.807, 2.05) is 18.2 Å². The van der Waals surface area contributed by atoms with Gasteiger partial charge in [-0.1, -0.05) is 29.8 Å². The molecule has 10 nitrogen and oxygen atoms in total. The third kappa shape index (κ3) is 3.79. The molecule has 6 rings (SSSR count). The van der Waals surface area contributed by atoms with Gasteiger partial charge in [0, 0.05) is 46.5 Å². The Morgan fingerprint density at radius 2 is 2.00 bits per heavy atom. The van der Waals surface area contributed by atoms with Crippen molar-refractivity contribution in [1.82, 2.24) is 24.1 Å². The van der Waals surface area contributed by atoms with Crippen LogP contribution in [0.25, 0.3) is 5.00 Å². The molecule has 13 heteroatoms. The van der Waals surface area contributed by atoms with E-state index in [9.17, 15) is 13.2 Å². The average Bonchev–Trinajstić information content (AvgIpc) is 3.41. The van der Waals surface area contributed by atoms with Crippen molar-refractivity contribution in [2.45, 2.75) is 30.8 Å². The van der Waals surface area contributed by atoms with E-state index >= 15 is 0 Å². The molecule has 37 heavy (non-hydrogen) atoms. The number of primary amides is 1. The zero-order valence-electron chi connectivity index (χ0n) is 19.5. The van der Waals surface area contributed by atoms with E-state index in [0.29, 0.717) is 34.4 Å². The summed E-state index contributed by atoms with van der Waals surface area (Å²) in [6.45, 7) is 2.25. The fourth-order valence-corrected chi connectivity index (χ4v) is 7.83. The van der Waals surface area contributed by atoms with E-state index in [1.165, 1.54) is 28.0 Å². The highest BCUT2D eigenvalue weighted by Gasteiger charge is 2.38. The van der Waals surface area contributed by atoms with Crippen molar-refractivity contribution in [2.75, 3.05) is 6.54 Å². The predicted molar refractivity (Wildman–Crippen MR) is 139 cm³/mol.